The molecule has 0 amide bonds. The van der Waals surface area contributed by atoms with Gasteiger partial charge in [-0.3, -0.25) is 24.0 Å². The van der Waals surface area contributed by atoms with Crippen molar-refractivity contribution < 1.29 is 37.9 Å². The minimum Gasteiger partial charge on any atom is -0.466 e. The molecule has 1 aromatic rings. The third-order valence-electron chi connectivity index (χ3n) is 3.77. The van der Waals surface area contributed by atoms with Gasteiger partial charge in [0, 0.05) is 43.4 Å². The second kappa shape index (κ2) is 14.4. The van der Waals surface area contributed by atoms with Crippen LogP contribution in [0.25, 0.3) is 0 Å². The van der Waals surface area contributed by atoms with Gasteiger partial charge in [-0.25, -0.2) is 0 Å². The Kier molecular flexibility index (Phi) is 12.7. The molecule has 172 valence electrons. The lowest BCUT2D eigenvalue weighted by Crippen LogP contribution is -2.37. The smallest absolute Gasteiger partial charge is 0.306 e. The SMILES string of the molecule is CC(=O)SCC(COC(=O)CCC(=O)OCc1ccco1)(CSC(C)=O)CSC(C)=O. The summed E-state index contributed by atoms with van der Waals surface area (Å²) in [5.74, 6) is 0.206. The fourth-order valence-corrected chi connectivity index (χ4v) is 4.92. The van der Waals surface area contributed by atoms with E-state index < -0.39 is 17.4 Å². The summed E-state index contributed by atoms with van der Waals surface area (Å²) in [6.07, 6.45) is 1.14. The first kappa shape index (κ1) is 27.3. The summed E-state index contributed by atoms with van der Waals surface area (Å²) in [5, 5.41) is -0.345. The Morgan fingerprint density at radius 3 is 1.74 bits per heavy atom. The van der Waals surface area contributed by atoms with Crippen LogP contribution in [0.5, 0.6) is 0 Å². The van der Waals surface area contributed by atoms with Crippen LogP contribution < -0.4 is 0 Å². The zero-order valence-electron chi connectivity index (χ0n) is 17.7. The van der Waals surface area contributed by atoms with Gasteiger partial charge < -0.3 is 13.9 Å². The molecule has 0 radical (unpaired) electrons. The van der Waals surface area contributed by atoms with Crippen LogP contribution in [0.1, 0.15) is 39.4 Å². The normalized spacial score (nSPS) is 11.1. The number of rotatable bonds is 13. The van der Waals surface area contributed by atoms with Gasteiger partial charge in [-0.05, 0) is 12.1 Å². The fourth-order valence-electron chi connectivity index (χ4n) is 2.14. The van der Waals surface area contributed by atoms with Crippen LogP contribution in [0.15, 0.2) is 22.8 Å². The molecule has 0 saturated heterocycles. The van der Waals surface area contributed by atoms with Crippen molar-refractivity contribution in [2.75, 3.05) is 23.9 Å². The number of carbonyl (C=O) groups excluding carboxylic acids is 5. The summed E-state index contributed by atoms with van der Waals surface area (Å²) >= 11 is 3.16. The molecule has 8 nitrogen and oxygen atoms in total. The van der Waals surface area contributed by atoms with Gasteiger partial charge in [-0.2, -0.15) is 0 Å². The first-order valence-corrected chi connectivity index (χ1v) is 12.3. The molecule has 0 fully saturated rings. The summed E-state index contributed by atoms with van der Waals surface area (Å²) in [6, 6.07) is 3.34. The maximum atomic E-state index is 12.2. The Labute approximate surface area is 193 Å². The van der Waals surface area contributed by atoms with Crippen molar-refractivity contribution >= 4 is 62.6 Å². The Bertz CT molecular complexity index is 715. The van der Waals surface area contributed by atoms with Gasteiger partial charge in [0.25, 0.3) is 0 Å². The maximum absolute atomic E-state index is 12.2. The van der Waals surface area contributed by atoms with Crippen molar-refractivity contribution in [1.82, 2.24) is 0 Å². The Hall–Kier alpha value is -1.72. The number of thioether (sulfide) groups is 3. The molecule has 0 spiro atoms. The quantitative estimate of drug-likeness (QED) is 0.378. The molecular formula is C20H26O8S3. The number of furan rings is 1. The highest BCUT2D eigenvalue weighted by Crippen LogP contribution is 2.33. The van der Waals surface area contributed by atoms with Crippen LogP contribution in [0, 0.1) is 5.41 Å². The lowest BCUT2D eigenvalue weighted by Gasteiger charge is -2.31. The van der Waals surface area contributed by atoms with E-state index in [-0.39, 0.29) is 41.4 Å². The number of carbonyl (C=O) groups is 5. The van der Waals surface area contributed by atoms with E-state index in [1.807, 2.05) is 0 Å². The maximum Gasteiger partial charge on any atom is 0.306 e. The van der Waals surface area contributed by atoms with Crippen molar-refractivity contribution in [1.29, 1.82) is 0 Å². The standard InChI is InChI=1S/C20H26O8S3/c1-14(21)29-11-20(12-30-15(2)22,13-31-16(3)23)10-28-19(25)7-6-18(24)27-9-17-5-4-8-26-17/h4-5,8H,6-7,9-13H2,1-3H3. The van der Waals surface area contributed by atoms with E-state index >= 15 is 0 Å². The molecule has 1 rings (SSSR count). The summed E-state index contributed by atoms with van der Waals surface area (Å²) in [7, 11) is 0. The average molecular weight is 491 g/mol. The van der Waals surface area contributed by atoms with Gasteiger partial charge in [-0.15, -0.1) is 0 Å². The monoisotopic (exact) mass is 490 g/mol. The van der Waals surface area contributed by atoms with E-state index in [1.54, 1.807) is 12.1 Å². The number of ether oxygens (including phenoxy) is 2. The molecule has 1 aromatic heterocycles. The van der Waals surface area contributed by atoms with Crippen molar-refractivity contribution in [3.8, 4) is 0 Å². The topological polar surface area (TPSA) is 117 Å². The van der Waals surface area contributed by atoms with Crippen LogP contribution in [-0.4, -0.2) is 51.1 Å². The van der Waals surface area contributed by atoms with Crippen LogP contribution in [0.4, 0.5) is 0 Å². The summed E-state index contributed by atoms with van der Waals surface area (Å²) < 4.78 is 15.4. The number of hydrogen-bond donors (Lipinski definition) is 0. The zero-order valence-corrected chi connectivity index (χ0v) is 20.1. The molecule has 0 aliphatic carbocycles. The van der Waals surface area contributed by atoms with Crippen LogP contribution in [0.2, 0.25) is 0 Å². The Morgan fingerprint density at radius 2 is 1.32 bits per heavy atom. The van der Waals surface area contributed by atoms with E-state index in [1.165, 1.54) is 27.0 Å². The van der Waals surface area contributed by atoms with Gasteiger partial charge in [0.15, 0.2) is 15.3 Å². The highest BCUT2D eigenvalue weighted by Gasteiger charge is 2.34. The Morgan fingerprint density at radius 1 is 0.839 bits per heavy atom. The molecule has 1 heterocycles. The fraction of sp³-hybridized carbons (Fsp3) is 0.550. The number of hydrogen-bond acceptors (Lipinski definition) is 11. The first-order chi connectivity index (χ1) is 14.6. The lowest BCUT2D eigenvalue weighted by molar-refractivity contribution is -0.152. The molecule has 0 aliphatic rings. The largest absolute Gasteiger partial charge is 0.466 e. The third kappa shape index (κ3) is 12.7. The van der Waals surface area contributed by atoms with Crippen molar-refractivity contribution in [2.24, 2.45) is 5.41 Å². The van der Waals surface area contributed by atoms with Crippen LogP contribution >= 0.6 is 35.3 Å². The molecule has 0 unspecified atom stereocenters. The zero-order chi connectivity index (χ0) is 23.3. The van der Waals surface area contributed by atoms with E-state index in [4.69, 9.17) is 13.9 Å². The minimum atomic E-state index is -0.752. The Balaban J connectivity index is 2.62. The van der Waals surface area contributed by atoms with Gasteiger partial charge in [-0.1, -0.05) is 35.3 Å². The molecule has 0 N–H and O–H groups in total. The molecular weight excluding hydrogens is 464 g/mol. The first-order valence-electron chi connectivity index (χ1n) is 9.35. The van der Waals surface area contributed by atoms with Gasteiger partial charge in [0.1, 0.15) is 12.4 Å². The second-order valence-electron chi connectivity index (χ2n) is 6.74. The van der Waals surface area contributed by atoms with E-state index in [2.05, 4.69) is 0 Å². The van der Waals surface area contributed by atoms with E-state index in [0.29, 0.717) is 23.0 Å². The van der Waals surface area contributed by atoms with Gasteiger partial charge >= 0.3 is 11.9 Å². The molecule has 0 aromatic carbocycles. The van der Waals surface area contributed by atoms with Gasteiger partial charge in [0.2, 0.25) is 0 Å². The average Bonchev–Trinajstić information content (AvgIpc) is 3.23. The second-order valence-corrected chi connectivity index (χ2v) is 10.2. The van der Waals surface area contributed by atoms with E-state index in [9.17, 15) is 24.0 Å². The molecule has 0 bridgehead atoms. The van der Waals surface area contributed by atoms with Gasteiger partial charge in [0.05, 0.1) is 25.7 Å². The van der Waals surface area contributed by atoms with Crippen LogP contribution in [-0.2, 0) is 40.1 Å². The highest BCUT2D eigenvalue weighted by molar-refractivity contribution is 8.15. The number of esters is 2. The highest BCUT2D eigenvalue weighted by atomic mass is 32.2. The summed E-state index contributed by atoms with van der Waals surface area (Å²) in [6.45, 7) is 4.18. The van der Waals surface area contributed by atoms with Crippen molar-refractivity contribution in [2.45, 2.75) is 40.2 Å². The van der Waals surface area contributed by atoms with Crippen molar-refractivity contribution in [3.63, 3.8) is 0 Å². The molecule has 0 aliphatic heterocycles. The summed E-state index contributed by atoms with van der Waals surface area (Å²) in [5.41, 5.74) is -0.752. The molecule has 11 heteroatoms. The molecule has 31 heavy (non-hydrogen) atoms. The molecule has 0 atom stereocenters. The lowest BCUT2D eigenvalue weighted by atomic mass is 9.97. The predicted octanol–water partition coefficient (Wildman–Crippen LogP) is 3.47. The minimum absolute atomic E-state index is 0.0171. The van der Waals surface area contributed by atoms with Crippen molar-refractivity contribution in [3.05, 3.63) is 24.2 Å². The van der Waals surface area contributed by atoms with Crippen LogP contribution in [0.3, 0.4) is 0 Å². The van der Waals surface area contributed by atoms with E-state index in [0.717, 1.165) is 35.3 Å². The third-order valence-corrected chi connectivity index (χ3v) is 7.26. The summed E-state index contributed by atoms with van der Waals surface area (Å²) in [4.78, 5) is 58.4. The predicted molar refractivity (Wildman–Crippen MR) is 121 cm³/mol. The molecule has 0 saturated carbocycles.